The summed E-state index contributed by atoms with van der Waals surface area (Å²) in [6, 6.07) is 9.08. The molecule has 0 fully saturated rings. The topological polar surface area (TPSA) is 107 Å². The zero-order chi connectivity index (χ0) is 23.7. The number of aromatic nitrogens is 6. The molecule has 3 N–H and O–H groups in total. The smallest absolute Gasteiger partial charge is 0.223 e. The highest BCUT2D eigenvalue weighted by molar-refractivity contribution is 7.22. The second-order valence-electron chi connectivity index (χ2n) is 7.70. The third-order valence-corrected chi connectivity index (χ3v) is 6.77. The molecule has 5 rings (SSSR count). The van der Waals surface area contributed by atoms with E-state index in [1.54, 1.807) is 23.3 Å². The van der Waals surface area contributed by atoms with Gasteiger partial charge in [0.25, 0.3) is 0 Å². The van der Waals surface area contributed by atoms with Crippen LogP contribution in [0, 0.1) is 5.95 Å². The number of fused-ring (bicyclic) bond motifs is 1. The van der Waals surface area contributed by atoms with Crippen LogP contribution in [-0.4, -0.2) is 36.5 Å². The molecule has 4 aromatic heterocycles. The van der Waals surface area contributed by atoms with Crippen molar-refractivity contribution in [3.63, 3.8) is 0 Å². The number of rotatable bonds is 7. The molecule has 8 nitrogen and oxygen atoms in total. The largest absolute Gasteiger partial charge is 0.352 e. The van der Waals surface area contributed by atoms with E-state index in [9.17, 15) is 4.39 Å². The molecular weight excluding hydrogens is 475 g/mol. The lowest BCUT2D eigenvalue weighted by atomic mass is 9.97. The Morgan fingerprint density at radius 3 is 2.88 bits per heavy atom. The quantitative estimate of drug-likeness (QED) is 0.309. The highest BCUT2D eigenvalue weighted by Crippen LogP contribution is 2.42. The first kappa shape index (κ1) is 22.3. The van der Waals surface area contributed by atoms with Crippen LogP contribution in [0.2, 0.25) is 5.02 Å². The van der Waals surface area contributed by atoms with Crippen LogP contribution in [0.1, 0.15) is 18.5 Å². The maximum Gasteiger partial charge on any atom is 0.223 e. The molecule has 0 aliphatic rings. The lowest BCUT2D eigenvalue weighted by Crippen LogP contribution is -2.13. The van der Waals surface area contributed by atoms with Gasteiger partial charge in [0.15, 0.2) is 0 Å². The van der Waals surface area contributed by atoms with Crippen molar-refractivity contribution in [3.05, 3.63) is 71.7 Å². The van der Waals surface area contributed by atoms with Crippen LogP contribution in [0.5, 0.6) is 0 Å². The van der Waals surface area contributed by atoms with Crippen LogP contribution in [0.15, 0.2) is 55.1 Å². The van der Waals surface area contributed by atoms with Gasteiger partial charge in [0, 0.05) is 41.3 Å². The number of thiophene rings is 1. The van der Waals surface area contributed by atoms with Gasteiger partial charge in [-0.15, -0.1) is 16.4 Å². The normalized spacial score (nSPS) is 12.2. The minimum absolute atomic E-state index is 0.291. The van der Waals surface area contributed by atoms with Crippen molar-refractivity contribution in [2.75, 3.05) is 11.9 Å². The molecule has 4 heterocycles. The second kappa shape index (κ2) is 9.41. The molecular formula is C23H20ClFN8S. The van der Waals surface area contributed by atoms with Crippen LogP contribution in [0.3, 0.4) is 0 Å². The highest BCUT2D eigenvalue weighted by atomic mass is 35.5. The monoisotopic (exact) mass is 494 g/mol. The van der Waals surface area contributed by atoms with Gasteiger partial charge in [-0.2, -0.15) is 4.39 Å². The fourth-order valence-corrected chi connectivity index (χ4v) is 5.13. The van der Waals surface area contributed by atoms with Gasteiger partial charge in [-0.3, -0.25) is 4.68 Å². The van der Waals surface area contributed by atoms with Gasteiger partial charge in [-0.1, -0.05) is 35.0 Å². The van der Waals surface area contributed by atoms with Gasteiger partial charge >= 0.3 is 0 Å². The first-order valence-corrected chi connectivity index (χ1v) is 11.7. The Labute approximate surface area is 203 Å². The first-order valence-electron chi connectivity index (χ1n) is 10.5. The Morgan fingerprint density at radius 1 is 1.21 bits per heavy atom. The summed E-state index contributed by atoms with van der Waals surface area (Å²) in [5.74, 6) is -0.0821. The van der Waals surface area contributed by atoms with Crippen LogP contribution in [-0.2, 0) is 6.54 Å². The molecule has 0 saturated carbocycles. The van der Waals surface area contributed by atoms with Gasteiger partial charge in [-0.05, 0) is 29.5 Å². The number of nitrogens with zero attached hydrogens (tertiary/aromatic N) is 6. The number of nitrogens with one attached hydrogen (secondary N) is 1. The number of hydrogen-bond donors (Lipinski definition) is 2. The van der Waals surface area contributed by atoms with Crippen LogP contribution < -0.4 is 11.1 Å². The fourth-order valence-electron chi connectivity index (χ4n) is 3.69. The van der Waals surface area contributed by atoms with Gasteiger partial charge < -0.3 is 11.1 Å². The van der Waals surface area contributed by atoms with Crippen molar-refractivity contribution in [1.82, 2.24) is 29.9 Å². The summed E-state index contributed by atoms with van der Waals surface area (Å²) in [7, 11) is 0. The summed E-state index contributed by atoms with van der Waals surface area (Å²) in [4.78, 5) is 13.6. The molecule has 34 heavy (non-hydrogen) atoms. The zero-order valence-electron chi connectivity index (χ0n) is 18.1. The number of nitrogens with two attached hydrogens (primary N) is 1. The van der Waals surface area contributed by atoms with E-state index >= 15 is 0 Å². The number of anilines is 1. The number of pyridine rings is 1. The first-order chi connectivity index (χ1) is 16.5. The average Bonchev–Trinajstić information content (AvgIpc) is 3.49. The molecule has 11 heteroatoms. The van der Waals surface area contributed by atoms with Crippen LogP contribution >= 0.6 is 22.9 Å². The molecule has 1 aromatic carbocycles. The van der Waals surface area contributed by atoms with E-state index in [1.807, 2.05) is 31.2 Å². The van der Waals surface area contributed by atoms with E-state index in [4.69, 9.17) is 17.3 Å². The van der Waals surface area contributed by atoms with E-state index in [-0.39, 0.29) is 6.04 Å². The summed E-state index contributed by atoms with van der Waals surface area (Å²) in [6.07, 6.45) is 6.50. The number of hydrogen-bond acceptors (Lipinski definition) is 8. The summed E-state index contributed by atoms with van der Waals surface area (Å²) >= 11 is 8.01. The Balaban J connectivity index is 1.51. The van der Waals surface area contributed by atoms with E-state index < -0.39 is 5.95 Å². The standard InChI is InChI=1S/C23H20ClFN8S/c1-13(26)17-11-28-20(25)10-16(17)15-4-2-3-14-9-19(34-22(14)15)21-18(24)12-29-23(31-21)27-5-7-33-8-6-30-32-33/h2-4,6,8-13H,5,7,26H2,1H3,(H,27,29,31)/t13-/m0/s1. The molecule has 0 saturated heterocycles. The van der Waals surface area contributed by atoms with E-state index in [2.05, 4.69) is 30.6 Å². The van der Waals surface area contributed by atoms with E-state index in [1.165, 1.54) is 23.6 Å². The van der Waals surface area contributed by atoms with Gasteiger partial charge in [0.05, 0.1) is 28.8 Å². The van der Waals surface area contributed by atoms with Gasteiger partial charge in [0.2, 0.25) is 11.9 Å². The Kier molecular flexibility index (Phi) is 6.18. The van der Waals surface area contributed by atoms with Crippen LogP contribution in [0.4, 0.5) is 10.3 Å². The molecule has 5 aromatic rings. The predicted octanol–water partition coefficient (Wildman–Crippen LogP) is 4.94. The molecule has 172 valence electrons. The Morgan fingerprint density at radius 2 is 2.09 bits per heavy atom. The maximum absolute atomic E-state index is 14.1. The second-order valence-corrected chi connectivity index (χ2v) is 9.16. The van der Waals surface area contributed by atoms with E-state index in [0.717, 1.165) is 31.7 Å². The minimum Gasteiger partial charge on any atom is -0.352 e. The third kappa shape index (κ3) is 4.47. The maximum atomic E-state index is 14.1. The zero-order valence-corrected chi connectivity index (χ0v) is 19.7. The van der Waals surface area contributed by atoms with Gasteiger partial charge in [-0.25, -0.2) is 15.0 Å². The lowest BCUT2D eigenvalue weighted by Gasteiger charge is -2.13. The summed E-state index contributed by atoms with van der Waals surface area (Å²) < 4.78 is 16.8. The van der Waals surface area contributed by atoms with Gasteiger partial charge in [0.1, 0.15) is 5.69 Å². The predicted molar refractivity (Wildman–Crippen MR) is 132 cm³/mol. The third-order valence-electron chi connectivity index (χ3n) is 5.30. The SMILES string of the molecule is C[C@H](N)c1cnc(F)cc1-c1cccc2cc(-c3nc(NCCn4ccnn4)ncc3Cl)sc12. The Hall–Kier alpha value is -3.47. The number of halogens is 2. The molecule has 0 aliphatic heterocycles. The molecule has 0 bridgehead atoms. The van der Waals surface area contributed by atoms with Crippen molar-refractivity contribution in [2.45, 2.75) is 19.5 Å². The lowest BCUT2D eigenvalue weighted by molar-refractivity contribution is 0.581. The summed E-state index contributed by atoms with van der Waals surface area (Å²) in [5.41, 5.74) is 9.16. The molecule has 0 amide bonds. The minimum atomic E-state index is -0.548. The van der Waals surface area contributed by atoms with Crippen LogP contribution in [0.25, 0.3) is 31.8 Å². The van der Waals surface area contributed by atoms with E-state index in [0.29, 0.717) is 29.8 Å². The van der Waals surface area contributed by atoms with Crippen molar-refractivity contribution in [1.29, 1.82) is 0 Å². The van der Waals surface area contributed by atoms with Crippen molar-refractivity contribution >= 4 is 39.0 Å². The molecule has 1 atom stereocenters. The molecule has 0 unspecified atom stereocenters. The fraction of sp³-hybridized carbons (Fsp3) is 0.174. The van der Waals surface area contributed by atoms with Crippen molar-refractivity contribution < 1.29 is 4.39 Å². The average molecular weight is 495 g/mol. The number of benzene rings is 1. The molecule has 0 spiro atoms. The highest BCUT2D eigenvalue weighted by Gasteiger charge is 2.17. The summed E-state index contributed by atoms with van der Waals surface area (Å²) in [5, 5.41) is 12.4. The van der Waals surface area contributed by atoms with Crippen molar-refractivity contribution in [3.8, 4) is 21.7 Å². The summed E-state index contributed by atoms with van der Waals surface area (Å²) in [6.45, 7) is 3.06. The molecule has 0 aliphatic carbocycles. The Bertz CT molecular complexity index is 1450. The molecule has 0 radical (unpaired) electrons. The van der Waals surface area contributed by atoms with Crippen molar-refractivity contribution in [2.24, 2.45) is 5.73 Å².